The number of rotatable bonds is 1. The van der Waals surface area contributed by atoms with E-state index < -0.39 is 9.84 Å². The molecule has 0 bridgehead atoms. The van der Waals surface area contributed by atoms with Gasteiger partial charge in [0.2, 0.25) is 15.7 Å². The van der Waals surface area contributed by atoms with E-state index in [0.717, 1.165) is 0 Å². The number of ether oxygens (including phenoxy) is 1. The molecule has 0 saturated heterocycles. The summed E-state index contributed by atoms with van der Waals surface area (Å²) in [5.74, 6) is 0.986. The van der Waals surface area contributed by atoms with Crippen molar-refractivity contribution in [1.82, 2.24) is 20.6 Å². The van der Waals surface area contributed by atoms with Crippen LogP contribution in [0.5, 0.6) is 11.5 Å². The van der Waals surface area contributed by atoms with Gasteiger partial charge in [-0.1, -0.05) is 12.1 Å². The minimum absolute atomic E-state index is 0.147. The monoisotopic (exact) mass is 314 g/mol. The lowest BCUT2D eigenvalue weighted by Crippen LogP contribution is -2.13. The molecule has 2 heterocycles. The SMILES string of the molecule is Cc1c(-c2nn[nH]n2)ccc2c1S(=O)(=O)c1ccccc1O2. The van der Waals surface area contributed by atoms with Crippen molar-refractivity contribution in [2.45, 2.75) is 16.7 Å². The molecule has 0 atom stereocenters. The zero-order valence-corrected chi connectivity index (χ0v) is 12.3. The number of hydrogen-bond acceptors (Lipinski definition) is 6. The molecule has 1 N–H and O–H groups in total. The molecular weight excluding hydrogens is 304 g/mol. The largest absolute Gasteiger partial charge is 0.455 e. The van der Waals surface area contributed by atoms with Gasteiger partial charge in [-0.25, -0.2) is 8.42 Å². The first kappa shape index (κ1) is 13.0. The molecule has 0 fully saturated rings. The topological polar surface area (TPSA) is 97.8 Å². The van der Waals surface area contributed by atoms with Gasteiger partial charge in [-0.15, -0.1) is 10.2 Å². The molecule has 7 nitrogen and oxygen atoms in total. The lowest BCUT2D eigenvalue weighted by Gasteiger charge is -2.22. The van der Waals surface area contributed by atoms with Crippen LogP contribution in [0.15, 0.2) is 46.2 Å². The number of aromatic nitrogens is 4. The minimum Gasteiger partial charge on any atom is -0.455 e. The first-order chi connectivity index (χ1) is 10.6. The van der Waals surface area contributed by atoms with Crippen molar-refractivity contribution in [2.75, 3.05) is 0 Å². The highest BCUT2D eigenvalue weighted by atomic mass is 32.2. The second-order valence-corrected chi connectivity index (χ2v) is 6.71. The number of benzene rings is 2. The van der Waals surface area contributed by atoms with Crippen molar-refractivity contribution < 1.29 is 13.2 Å². The summed E-state index contributed by atoms with van der Waals surface area (Å²) in [5.41, 5.74) is 1.13. The molecule has 22 heavy (non-hydrogen) atoms. The fourth-order valence-corrected chi connectivity index (χ4v) is 4.32. The van der Waals surface area contributed by atoms with Crippen LogP contribution in [0.1, 0.15) is 5.56 Å². The van der Waals surface area contributed by atoms with E-state index in [1.165, 1.54) is 6.07 Å². The summed E-state index contributed by atoms with van der Waals surface area (Å²) in [7, 11) is -3.66. The van der Waals surface area contributed by atoms with Crippen LogP contribution in [0.3, 0.4) is 0 Å². The second kappa shape index (κ2) is 4.38. The summed E-state index contributed by atoms with van der Waals surface area (Å²) in [6, 6.07) is 9.92. The predicted octanol–water partition coefficient (Wildman–Crippen LogP) is 2.11. The van der Waals surface area contributed by atoms with Gasteiger partial charge in [-0.05, 0) is 42.0 Å². The normalized spacial score (nSPS) is 14.8. The van der Waals surface area contributed by atoms with Crippen LogP contribution in [0.4, 0.5) is 0 Å². The molecular formula is C14H10N4O3S. The maximum absolute atomic E-state index is 12.9. The Kier molecular flexibility index (Phi) is 2.58. The molecule has 0 saturated carbocycles. The van der Waals surface area contributed by atoms with Crippen LogP contribution in [0, 0.1) is 6.92 Å². The number of tetrazole rings is 1. The van der Waals surface area contributed by atoms with Crippen LogP contribution < -0.4 is 4.74 Å². The number of nitrogens with one attached hydrogen (secondary N) is 1. The number of sulfone groups is 1. The molecule has 1 aliphatic rings. The minimum atomic E-state index is -3.66. The first-order valence-corrected chi connectivity index (χ1v) is 7.97. The zero-order valence-electron chi connectivity index (χ0n) is 11.4. The summed E-state index contributed by atoms with van der Waals surface area (Å²) in [5, 5.41) is 13.7. The number of H-pyrrole nitrogens is 1. The molecule has 1 aliphatic heterocycles. The number of hydrogen-bond donors (Lipinski definition) is 1. The van der Waals surface area contributed by atoms with Gasteiger partial charge in [0.25, 0.3) is 0 Å². The van der Waals surface area contributed by atoms with Crippen LogP contribution >= 0.6 is 0 Å². The van der Waals surface area contributed by atoms with Crippen molar-refractivity contribution in [2.24, 2.45) is 0 Å². The Bertz CT molecular complexity index is 981. The molecule has 8 heteroatoms. The highest BCUT2D eigenvalue weighted by Crippen LogP contribution is 2.45. The van der Waals surface area contributed by atoms with Gasteiger partial charge in [0, 0.05) is 5.56 Å². The summed E-state index contributed by atoms with van der Waals surface area (Å²) in [4.78, 5) is 0.310. The number of aromatic amines is 1. The Morgan fingerprint density at radius 1 is 1.09 bits per heavy atom. The maximum atomic E-state index is 12.9. The third-order valence-corrected chi connectivity index (χ3v) is 5.54. The Balaban J connectivity index is 2.02. The number of fused-ring (bicyclic) bond motifs is 2. The van der Waals surface area contributed by atoms with Gasteiger partial charge in [-0.2, -0.15) is 5.21 Å². The van der Waals surface area contributed by atoms with Crippen molar-refractivity contribution in [3.63, 3.8) is 0 Å². The predicted molar refractivity (Wildman–Crippen MR) is 76.3 cm³/mol. The fraction of sp³-hybridized carbons (Fsp3) is 0.0714. The highest BCUT2D eigenvalue weighted by Gasteiger charge is 2.34. The zero-order chi connectivity index (χ0) is 15.3. The summed E-state index contributed by atoms with van der Waals surface area (Å²) in [6.45, 7) is 1.71. The Hall–Kier alpha value is -2.74. The Morgan fingerprint density at radius 2 is 1.91 bits per heavy atom. The van der Waals surface area contributed by atoms with Gasteiger partial charge in [0.15, 0.2) is 0 Å². The number of para-hydroxylation sites is 1. The van der Waals surface area contributed by atoms with Crippen LogP contribution in [0.25, 0.3) is 11.4 Å². The van der Waals surface area contributed by atoms with Crippen molar-refractivity contribution in [1.29, 1.82) is 0 Å². The van der Waals surface area contributed by atoms with Crippen LogP contribution in [-0.4, -0.2) is 29.0 Å². The van der Waals surface area contributed by atoms with E-state index >= 15 is 0 Å². The molecule has 0 spiro atoms. The summed E-state index contributed by atoms with van der Waals surface area (Å²) >= 11 is 0. The molecule has 0 amide bonds. The van der Waals surface area contributed by atoms with E-state index in [-0.39, 0.29) is 9.79 Å². The van der Waals surface area contributed by atoms with Gasteiger partial charge in [0.1, 0.15) is 21.3 Å². The van der Waals surface area contributed by atoms with Gasteiger partial charge in [0.05, 0.1) is 0 Å². The quantitative estimate of drug-likeness (QED) is 0.578. The molecule has 4 rings (SSSR count). The van der Waals surface area contributed by atoms with E-state index in [1.54, 1.807) is 37.3 Å². The van der Waals surface area contributed by atoms with E-state index in [2.05, 4.69) is 20.6 Å². The summed E-state index contributed by atoms with van der Waals surface area (Å²) in [6.07, 6.45) is 0. The van der Waals surface area contributed by atoms with E-state index in [4.69, 9.17) is 4.74 Å². The van der Waals surface area contributed by atoms with Crippen molar-refractivity contribution in [3.8, 4) is 22.9 Å². The molecule has 2 aromatic carbocycles. The second-order valence-electron chi connectivity index (χ2n) is 4.85. The summed E-state index contributed by atoms with van der Waals surface area (Å²) < 4.78 is 31.5. The van der Waals surface area contributed by atoms with Crippen molar-refractivity contribution >= 4 is 9.84 Å². The average Bonchev–Trinajstić information content (AvgIpc) is 3.01. The third-order valence-electron chi connectivity index (χ3n) is 3.58. The molecule has 0 unspecified atom stereocenters. The number of nitrogens with zero attached hydrogens (tertiary/aromatic N) is 3. The van der Waals surface area contributed by atoms with Gasteiger partial charge >= 0.3 is 0 Å². The smallest absolute Gasteiger partial charge is 0.214 e. The fourth-order valence-electron chi connectivity index (χ4n) is 2.58. The van der Waals surface area contributed by atoms with Crippen LogP contribution in [0.2, 0.25) is 0 Å². The Labute approximate surface area is 125 Å². The lowest BCUT2D eigenvalue weighted by molar-refractivity contribution is 0.442. The lowest BCUT2D eigenvalue weighted by atomic mass is 10.1. The van der Waals surface area contributed by atoms with E-state index in [0.29, 0.717) is 28.5 Å². The van der Waals surface area contributed by atoms with Gasteiger partial charge in [-0.3, -0.25) is 0 Å². The standard InChI is InChI=1S/C14H10N4O3S/c1-8-9(14-15-17-18-16-14)6-7-11-13(8)22(19,20)12-5-3-2-4-10(12)21-11/h2-7H,1H3,(H,15,16,17,18). The Morgan fingerprint density at radius 3 is 2.68 bits per heavy atom. The average molecular weight is 314 g/mol. The molecule has 3 aromatic rings. The highest BCUT2D eigenvalue weighted by molar-refractivity contribution is 7.91. The maximum Gasteiger partial charge on any atom is 0.214 e. The van der Waals surface area contributed by atoms with E-state index in [9.17, 15) is 8.42 Å². The molecule has 0 radical (unpaired) electrons. The molecule has 1 aromatic heterocycles. The van der Waals surface area contributed by atoms with Crippen molar-refractivity contribution in [3.05, 3.63) is 42.0 Å². The van der Waals surface area contributed by atoms with Crippen LogP contribution in [-0.2, 0) is 9.84 Å². The first-order valence-electron chi connectivity index (χ1n) is 6.48. The van der Waals surface area contributed by atoms with Gasteiger partial charge < -0.3 is 4.74 Å². The third kappa shape index (κ3) is 1.67. The van der Waals surface area contributed by atoms with E-state index in [1.807, 2.05) is 0 Å². The molecule has 110 valence electrons. The molecule has 0 aliphatic carbocycles.